The first-order chi connectivity index (χ1) is 15.9. The molecule has 9 heteroatoms. The molecule has 2 saturated heterocycles. The first kappa shape index (κ1) is 24.4. The van der Waals surface area contributed by atoms with Gasteiger partial charge in [0.05, 0.1) is 26.4 Å². The summed E-state index contributed by atoms with van der Waals surface area (Å²) in [5.74, 6) is 0.778. The molecule has 4 N–H and O–H groups in total. The lowest BCUT2D eigenvalue weighted by Crippen LogP contribution is -2.55. The number of aliphatic hydroxyl groups is 4. The van der Waals surface area contributed by atoms with Gasteiger partial charge in [-0.2, -0.15) is 0 Å². The van der Waals surface area contributed by atoms with Gasteiger partial charge in [-0.1, -0.05) is 29.8 Å². The van der Waals surface area contributed by atoms with Crippen molar-refractivity contribution in [1.29, 1.82) is 0 Å². The fourth-order valence-corrected chi connectivity index (χ4v) is 4.46. The molecule has 2 aliphatic rings. The maximum absolute atomic E-state index is 10.7. The summed E-state index contributed by atoms with van der Waals surface area (Å²) in [6.07, 6.45) is -6.63. The maximum Gasteiger partial charge on any atom is 0.184 e. The highest BCUT2D eigenvalue weighted by molar-refractivity contribution is 6.31. The van der Waals surface area contributed by atoms with Crippen molar-refractivity contribution in [1.82, 2.24) is 0 Å². The van der Waals surface area contributed by atoms with E-state index in [1.165, 1.54) is 0 Å². The minimum absolute atomic E-state index is 0.407. The van der Waals surface area contributed by atoms with E-state index in [-0.39, 0.29) is 0 Å². The van der Waals surface area contributed by atoms with Crippen molar-refractivity contribution in [2.24, 2.45) is 0 Å². The number of hydrogen-bond donors (Lipinski definition) is 4. The quantitative estimate of drug-likeness (QED) is 0.474. The second kappa shape index (κ2) is 10.7. The summed E-state index contributed by atoms with van der Waals surface area (Å²) >= 11 is 6.63. The Hall–Kier alpha value is -1.75. The van der Waals surface area contributed by atoms with Gasteiger partial charge in [-0.25, -0.2) is 0 Å². The molecule has 0 aromatic heterocycles. The predicted molar refractivity (Wildman–Crippen MR) is 119 cm³/mol. The molecule has 2 fully saturated rings. The molecule has 2 aromatic rings. The zero-order valence-electron chi connectivity index (χ0n) is 18.3. The van der Waals surface area contributed by atoms with Crippen LogP contribution in [0.3, 0.4) is 0 Å². The molecule has 2 heterocycles. The third-order valence-corrected chi connectivity index (χ3v) is 6.31. The molecule has 0 spiro atoms. The van der Waals surface area contributed by atoms with Crippen LogP contribution < -0.4 is 4.74 Å². The summed E-state index contributed by atoms with van der Waals surface area (Å²) < 4.78 is 22.6. The molecule has 0 aliphatic carbocycles. The topological polar surface area (TPSA) is 118 Å². The Morgan fingerprint density at radius 3 is 2.30 bits per heavy atom. The number of aliphatic hydroxyl groups excluding tert-OH is 4. The Kier molecular flexibility index (Phi) is 7.88. The fourth-order valence-electron chi connectivity index (χ4n) is 4.23. The number of rotatable bonds is 7. The van der Waals surface area contributed by atoms with Crippen LogP contribution >= 0.6 is 11.6 Å². The smallest absolute Gasteiger partial charge is 0.184 e. The van der Waals surface area contributed by atoms with E-state index in [4.69, 9.17) is 30.5 Å². The third kappa shape index (κ3) is 5.18. The lowest BCUT2D eigenvalue weighted by Gasteiger charge is -2.41. The van der Waals surface area contributed by atoms with Crippen LogP contribution in [0.5, 0.6) is 5.75 Å². The van der Waals surface area contributed by atoms with Crippen LogP contribution in [-0.4, -0.2) is 71.3 Å². The van der Waals surface area contributed by atoms with E-state index in [1.807, 2.05) is 31.2 Å². The molecule has 5 atom stereocenters. The van der Waals surface area contributed by atoms with E-state index >= 15 is 0 Å². The van der Waals surface area contributed by atoms with Gasteiger partial charge < -0.3 is 39.4 Å². The van der Waals surface area contributed by atoms with Gasteiger partial charge in [0.25, 0.3) is 0 Å². The molecular formula is C24H29ClO8. The van der Waals surface area contributed by atoms with Crippen LogP contribution in [0, 0.1) is 0 Å². The Balaban J connectivity index is 1.70. The van der Waals surface area contributed by atoms with Crippen LogP contribution in [-0.2, 0) is 20.6 Å². The van der Waals surface area contributed by atoms with Gasteiger partial charge >= 0.3 is 0 Å². The standard InChI is InChI=1S/C24H29ClO8/c1-2-30-15-5-3-13(4-6-15)9-14-10-16(17(11-18(14)25)24-31-7-8-32-24)23-22(29)21(28)20(27)19(12-26)33-23/h3-6,10-11,19-24,26-29H,2,7-9,12H2,1H3. The number of benzene rings is 2. The van der Waals surface area contributed by atoms with Gasteiger partial charge in [-0.3, -0.25) is 0 Å². The largest absolute Gasteiger partial charge is 0.494 e. The zero-order chi connectivity index (χ0) is 23.5. The number of hydrogen-bond acceptors (Lipinski definition) is 8. The Bertz CT molecular complexity index is 929. The van der Waals surface area contributed by atoms with Gasteiger partial charge in [0.15, 0.2) is 6.29 Å². The maximum atomic E-state index is 10.7. The predicted octanol–water partition coefficient (Wildman–Crippen LogP) is 1.89. The average Bonchev–Trinajstić information content (AvgIpc) is 3.35. The molecule has 33 heavy (non-hydrogen) atoms. The molecule has 0 amide bonds. The fraction of sp³-hybridized carbons (Fsp3) is 0.500. The monoisotopic (exact) mass is 480 g/mol. The highest BCUT2D eigenvalue weighted by Crippen LogP contribution is 2.40. The highest BCUT2D eigenvalue weighted by Gasteiger charge is 2.45. The first-order valence-corrected chi connectivity index (χ1v) is 11.4. The summed E-state index contributed by atoms with van der Waals surface area (Å²) in [7, 11) is 0. The number of ether oxygens (including phenoxy) is 4. The van der Waals surface area contributed by atoms with Crippen molar-refractivity contribution in [3.63, 3.8) is 0 Å². The van der Waals surface area contributed by atoms with E-state index in [9.17, 15) is 20.4 Å². The lowest BCUT2D eigenvalue weighted by molar-refractivity contribution is -0.232. The molecule has 5 unspecified atom stereocenters. The van der Waals surface area contributed by atoms with Gasteiger partial charge in [0.2, 0.25) is 0 Å². The van der Waals surface area contributed by atoms with Crippen LogP contribution in [0.25, 0.3) is 0 Å². The molecule has 0 bridgehead atoms. The van der Waals surface area contributed by atoms with Gasteiger partial charge in [0, 0.05) is 10.6 Å². The molecular weight excluding hydrogens is 452 g/mol. The molecule has 0 saturated carbocycles. The third-order valence-electron chi connectivity index (χ3n) is 5.96. The SMILES string of the molecule is CCOc1ccc(Cc2cc(C3OC(CO)C(O)C(O)C3O)c(C3OCCO3)cc2Cl)cc1. The normalized spacial score (nSPS) is 28.2. The van der Waals surface area contributed by atoms with Crippen molar-refractivity contribution >= 4 is 11.6 Å². The Morgan fingerprint density at radius 2 is 1.67 bits per heavy atom. The van der Waals surface area contributed by atoms with E-state index in [0.29, 0.717) is 42.4 Å². The van der Waals surface area contributed by atoms with Gasteiger partial charge in [-0.05, 0) is 48.2 Å². The van der Waals surface area contributed by atoms with Crippen molar-refractivity contribution in [2.75, 3.05) is 26.4 Å². The Morgan fingerprint density at radius 1 is 0.970 bits per heavy atom. The van der Waals surface area contributed by atoms with Gasteiger partial charge in [0.1, 0.15) is 36.3 Å². The average molecular weight is 481 g/mol. The summed E-state index contributed by atoms with van der Waals surface area (Å²) in [6.45, 7) is 2.81. The van der Waals surface area contributed by atoms with E-state index < -0.39 is 43.4 Å². The summed E-state index contributed by atoms with van der Waals surface area (Å²) in [5.41, 5.74) is 2.86. The molecule has 4 rings (SSSR count). The molecule has 2 aliphatic heterocycles. The second-order valence-electron chi connectivity index (χ2n) is 8.15. The van der Waals surface area contributed by atoms with Crippen molar-refractivity contribution < 1.29 is 39.4 Å². The van der Waals surface area contributed by atoms with E-state index in [1.54, 1.807) is 12.1 Å². The number of halogens is 1. The molecule has 180 valence electrons. The van der Waals surface area contributed by atoms with Crippen LogP contribution in [0.4, 0.5) is 0 Å². The van der Waals surface area contributed by atoms with E-state index in [0.717, 1.165) is 16.9 Å². The molecule has 8 nitrogen and oxygen atoms in total. The lowest BCUT2D eigenvalue weighted by atomic mass is 9.87. The second-order valence-corrected chi connectivity index (χ2v) is 8.56. The molecule has 0 radical (unpaired) electrons. The van der Waals surface area contributed by atoms with Crippen LogP contribution in [0.15, 0.2) is 36.4 Å². The van der Waals surface area contributed by atoms with Crippen molar-refractivity contribution in [3.8, 4) is 5.75 Å². The minimum atomic E-state index is -1.50. The van der Waals surface area contributed by atoms with Crippen LogP contribution in [0.2, 0.25) is 5.02 Å². The highest BCUT2D eigenvalue weighted by atomic mass is 35.5. The zero-order valence-corrected chi connectivity index (χ0v) is 19.0. The molecule has 2 aromatic carbocycles. The first-order valence-electron chi connectivity index (χ1n) is 11.0. The van der Waals surface area contributed by atoms with Crippen LogP contribution in [0.1, 0.15) is 41.6 Å². The summed E-state index contributed by atoms with van der Waals surface area (Å²) in [5, 5.41) is 41.3. The van der Waals surface area contributed by atoms with E-state index in [2.05, 4.69) is 0 Å². The van der Waals surface area contributed by atoms with Crippen molar-refractivity contribution in [3.05, 3.63) is 63.7 Å². The van der Waals surface area contributed by atoms with Gasteiger partial charge in [-0.15, -0.1) is 0 Å². The minimum Gasteiger partial charge on any atom is -0.494 e. The summed E-state index contributed by atoms with van der Waals surface area (Å²) in [6, 6.07) is 11.2. The summed E-state index contributed by atoms with van der Waals surface area (Å²) in [4.78, 5) is 0. The Labute approximate surface area is 197 Å². The van der Waals surface area contributed by atoms with Crippen molar-refractivity contribution in [2.45, 2.75) is 50.2 Å².